The van der Waals surface area contributed by atoms with E-state index < -0.39 is 21.8 Å². The number of nitrogens with zero attached hydrogens (tertiary/aromatic N) is 2. The smallest absolute Gasteiger partial charge is 0.291 e. The first-order valence-corrected chi connectivity index (χ1v) is 7.83. The third-order valence-corrected chi connectivity index (χ3v) is 3.81. The summed E-state index contributed by atoms with van der Waals surface area (Å²) in [6, 6.07) is -0.436. The molecule has 1 aliphatic rings. The van der Waals surface area contributed by atoms with Crippen LogP contribution in [0.15, 0.2) is 10.7 Å². The number of hydrogen-bond acceptors (Lipinski definition) is 4. The standard InChI is InChI=1S/C9H13BrN2O4S/c1-11-7(6-10)8(13)12(9(11)14)4-3-5-17(2,15)16/h6H,3-5H2,1-2H3. The summed E-state index contributed by atoms with van der Waals surface area (Å²) in [5, 5.41) is 0. The molecule has 0 saturated carbocycles. The number of rotatable bonds is 4. The summed E-state index contributed by atoms with van der Waals surface area (Å²) in [7, 11) is -1.58. The normalized spacial score (nSPS) is 19.6. The first-order chi connectivity index (χ1) is 7.78. The Morgan fingerprint density at radius 2 is 1.94 bits per heavy atom. The van der Waals surface area contributed by atoms with Crippen LogP contribution in [0.4, 0.5) is 4.79 Å². The molecule has 8 heteroatoms. The summed E-state index contributed by atoms with van der Waals surface area (Å²) in [6.07, 6.45) is 1.37. The molecule has 1 aliphatic heterocycles. The van der Waals surface area contributed by atoms with Crippen molar-refractivity contribution in [2.45, 2.75) is 6.42 Å². The first-order valence-electron chi connectivity index (χ1n) is 4.85. The lowest BCUT2D eigenvalue weighted by molar-refractivity contribution is -0.123. The van der Waals surface area contributed by atoms with E-state index in [1.165, 1.54) is 16.9 Å². The number of hydrogen-bond donors (Lipinski definition) is 0. The maximum absolute atomic E-state index is 11.7. The predicted octanol–water partition coefficient (Wildman–Crippen LogP) is 0.551. The maximum Gasteiger partial charge on any atom is 0.331 e. The van der Waals surface area contributed by atoms with E-state index in [2.05, 4.69) is 15.9 Å². The van der Waals surface area contributed by atoms with E-state index in [0.717, 1.165) is 11.2 Å². The van der Waals surface area contributed by atoms with Crippen LogP contribution in [0.1, 0.15) is 6.42 Å². The molecule has 0 atom stereocenters. The summed E-state index contributed by atoms with van der Waals surface area (Å²) < 4.78 is 21.9. The van der Waals surface area contributed by atoms with E-state index in [9.17, 15) is 18.0 Å². The maximum atomic E-state index is 11.7. The van der Waals surface area contributed by atoms with Crippen molar-refractivity contribution in [2.75, 3.05) is 25.6 Å². The minimum Gasteiger partial charge on any atom is -0.291 e. The SMILES string of the molecule is CN1C(=O)N(CCCS(C)(=O)=O)C(=O)C1=CBr. The lowest BCUT2D eigenvalue weighted by Crippen LogP contribution is -2.33. The summed E-state index contributed by atoms with van der Waals surface area (Å²) in [5.41, 5.74) is 0.245. The van der Waals surface area contributed by atoms with Crippen molar-refractivity contribution in [2.24, 2.45) is 0 Å². The van der Waals surface area contributed by atoms with Crippen LogP contribution in [0.5, 0.6) is 0 Å². The molecule has 0 radical (unpaired) electrons. The van der Waals surface area contributed by atoms with E-state index in [0.29, 0.717) is 0 Å². The molecule has 1 heterocycles. The molecule has 17 heavy (non-hydrogen) atoms. The topological polar surface area (TPSA) is 74.8 Å². The lowest BCUT2D eigenvalue weighted by Gasteiger charge is -2.12. The molecular weight excluding hydrogens is 312 g/mol. The molecule has 1 rings (SSSR count). The lowest BCUT2D eigenvalue weighted by atomic mass is 10.4. The van der Waals surface area contributed by atoms with Crippen molar-refractivity contribution in [3.8, 4) is 0 Å². The van der Waals surface area contributed by atoms with E-state index in [-0.39, 0.29) is 24.4 Å². The summed E-state index contributed by atoms with van der Waals surface area (Å²) in [5.74, 6) is -0.455. The molecule has 0 aromatic rings. The Kier molecular flexibility index (Phi) is 4.31. The van der Waals surface area contributed by atoms with Gasteiger partial charge in [-0.2, -0.15) is 0 Å². The fourth-order valence-corrected chi connectivity index (χ4v) is 2.61. The molecule has 0 aromatic carbocycles. The van der Waals surface area contributed by atoms with Gasteiger partial charge in [0.2, 0.25) is 0 Å². The summed E-state index contributed by atoms with van der Waals surface area (Å²) in [6.45, 7) is 0.111. The van der Waals surface area contributed by atoms with Gasteiger partial charge >= 0.3 is 6.03 Å². The van der Waals surface area contributed by atoms with E-state index in [4.69, 9.17) is 0 Å². The van der Waals surface area contributed by atoms with Crippen LogP contribution in [0.25, 0.3) is 0 Å². The Hall–Kier alpha value is -0.890. The predicted molar refractivity (Wildman–Crippen MR) is 66.2 cm³/mol. The van der Waals surface area contributed by atoms with Gasteiger partial charge in [-0.25, -0.2) is 13.2 Å². The monoisotopic (exact) mass is 324 g/mol. The fourth-order valence-electron chi connectivity index (χ4n) is 1.45. The minimum absolute atomic E-state index is 0.0405. The minimum atomic E-state index is -3.07. The largest absolute Gasteiger partial charge is 0.331 e. The van der Waals surface area contributed by atoms with E-state index >= 15 is 0 Å². The quantitative estimate of drug-likeness (QED) is 0.559. The molecule has 0 N–H and O–H groups in total. The first kappa shape index (κ1) is 14.2. The van der Waals surface area contributed by atoms with Crippen LogP contribution in [0, 0.1) is 0 Å². The van der Waals surface area contributed by atoms with Crippen LogP contribution < -0.4 is 0 Å². The van der Waals surface area contributed by atoms with Gasteiger partial charge in [0.25, 0.3) is 5.91 Å². The van der Waals surface area contributed by atoms with Gasteiger partial charge in [0.05, 0.1) is 5.75 Å². The van der Waals surface area contributed by atoms with Crippen LogP contribution in [-0.4, -0.2) is 55.8 Å². The number of likely N-dealkylation sites (N-methyl/N-ethyl adjacent to an activating group) is 1. The van der Waals surface area contributed by atoms with Gasteiger partial charge in [0.15, 0.2) is 0 Å². The van der Waals surface area contributed by atoms with Gasteiger partial charge in [-0.05, 0) is 6.42 Å². The number of halogens is 1. The van der Waals surface area contributed by atoms with E-state index in [1.54, 1.807) is 0 Å². The average molecular weight is 325 g/mol. The number of carbonyl (C=O) groups excluding carboxylic acids is 2. The van der Waals surface area contributed by atoms with Gasteiger partial charge in [-0.15, -0.1) is 0 Å². The Bertz CT molecular complexity index is 471. The van der Waals surface area contributed by atoms with Crippen molar-refractivity contribution in [1.82, 2.24) is 9.80 Å². The third kappa shape index (κ3) is 3.29. The van der Waals surface area contributed by atoms with E-state index in [1.807, 2.05) is 0 Å². The average Bonchev–Trinajstić information content (AvgIpc) is 2.40. The molecule has 0 aliphatic carbocycles. The molecular formula is C9H13BrN2O4S. The highest BCUT2D eigenvalue weighted by Gasteiger charge is 2.37. The number of imide groups is 1. The van der Waals surface area contributed by atoms with Crippen LogP contribution in [0.3, 0.4) is 0 Å². The third-order valence-electron chi connectivity index (χ3n) is 2.34. The van der Waals surface area contributed by atoms with Crippen molar-refractivity contribution in [3.63, 3.8) is 0 Å². The highest BCUT2D eigenvalue weighted by atomic mass is 79.9. The summed E-state index contributed by atoms with van der Waals surface area (Å²) >= 11 is 3.01. The summed E-state index contributed by atoms with van der Waals surface area (Å²) in [4.78, 5) is 27.0. The van der Waals surface area contributed by atoms with Gasteiger partial charge in [-0.1, -0.05) is 15.9 Å². The number of urea groups is 1. The Morgan fingerprint density at radius 1 is 1.35 bits per heavy atom. The van der Waals surface area contributed by atoms with Gasteiger partial charge in [0.1, 0.15) is 15.5 Å². The van der Waals surface area contributed by atoms with Gasteiger partial charge in [-0.3, -0.25) is 14.6 Å². The second kappa shape index (κ2) is 5.18. The molecule has 1 fully saturated rings. The highest BCUT2D eigenvalue weighted by molar-refractivity contribution is 9.11. The zero-order chi connectivity index (χ0) is 13.2. The van der Waals surface area contributed by atoms with Crippen LogP contribution in [0.2, 0.25) is 0 Å². The Morgan fingerprint density at radius 3 is 2.35 bits per heavy atom. The Labute approximate surface area is 108 Å². The van der Waals surface area contributed by atoms with Crippen molar-refractivity contribution in [1.29, 1.82) is 0 Å². The molecule has 0 aromatic heterocycles. The van der Waals surface area contributed by atoms with Crippen molar-refractivity contribution in [3.05, 3.63) is 10.7 Å². The number of amides is 3. The number of sulfone groups is 1. The Balaban J connectivity index is 2.67. The van der Waals surface area contributed by atoms with Gasteiger partial charge < -0.3 is 0 Å². The molecule has 0 spiro atoms. The van der Waals surface area contributed by atoms with Crippen molar-refractivity contribution >= 4 is 37.7 Å². The van der Waals surface area contributed by atoms with Crippen LogP contribution >= 0.6 is 15.9 Å². The molecule has 96 valence electrons. The molecule has 3 amide bonds. The van der Waals surface area contributed by atoms with Crippen LogP contribution in [-0.2, 0) is 14.6 Å². The second-order valence-corrected chi connectivity index (χ2v) is 6.49. The molecule has 0 bridgehead atoms. The highest BCUT2D eigenvalue weighted by Crippen LogP contribution is 2.20. The fraction of sp³-hybridized carbons (Fsp3) is 0.556. The zero-order valence-electron chi connectivity index (χ0n) is 9.51. The van der Waals surface area contributed by atoms with Crippen molar-refractivity contribution < 1.29 is 18.0 Å². The van der Waals surface area contributed by atoms with Gasteiger partial charge in [0, 0.05) is 24.8 Å². The molecule has 0 unspecified atom stereocenters. The second-order valence-electron chi connectivity index (χ2n) is 3.78. The number of carbonyl (C=O) groups is 2. The molecule has 1 saturated heterocycles. The molecule has 6 nitrogen and oxygen atoms in total. The zero-order valence-corrected chi connectivity index (χ0v) is 11.9.